The second kappa shape index (κ2) is 16.3. The van der Waals surface area contributed by atoms with Gasteiger partial charge in [-0.05, 0) is 37.7 Å². The number of rotatable bonds is 12. The Morgan fingerprint density at radius 1 is 1.09 bits per heavy atom. The van der Waals surface area contributed by atoms with Crippen molar-refractivity contribution in [2.24, 2.45) is 4.99 Å². The van der Waals surface area contributed by atoms with Crippen molar-refractivity contribution in [2.45, 2.75) is 26.8 Å². The van der Waals surface area contributed by atoms with Crippen molar-refractivity contribution in [1.82, 2.24) is 20.4 Å². The summed E-state index contributed by atoms with van der Waals surface area (Å²) in [5, 5.41) is 6.86. The molecule has 1 atom stereocenters. The lowest BCUT2D eigenvalue weighted by Gasteiger charge is -2.34. The molecule has 0 bridgehead atoms. The van der Waals surface area contributed by atoms with E-state index in [-0.39, 0.29) is 30.0 Å². The maximum absolute atomic E-state index is 5.58. The van der Waals surface area contributed by atoms with Gasteiger partial charge in [0.05, 0.1) is 40.0 Å². The minimum atomic E-state index is 0. The van der Waals surface area contributed by atoms with Gasteiger partial charge in [-0.2, -0.15) is 0 Å². The Bertz CT molecular complexity index is 667. The van der Waals surface area contributed by atoms with E-state index in [1.807, 2.05) is 6.07 Å². The van der Waals surface area contributed by atoms with Gasteiger partial charge in [-0.1, -0.05) is 19.9 Å². The molecule has 0 radical (unpaired) electrons. The molecule has 184 valence electrons. The highest BCUT2D eigenvalue weighted by molar-refractivity contribution is 14.0. The zero-order chi connectivity index (χ0) is 22.5. The van der Waals surface area contributed by atoms with Gasteiger partial charge in [-0.25, -0.2) is 0 Å². The molecule has 2 N–H and O–H groups in total. The van der Waals surface area contributed by atoms with Crippen LogP contribution in [0.4, 0.5) is 0 Å². The Hall–Kier alpha value is -1.30. The average molecular weight is 564 g/mol. The van der Waals surface area contributed by atoms with Crippen molar-refractivity contribution in [3.05, 3.63) is 23.8 Å². The molecule has 0 saturated carbocycles. The fourth-order valence-electron chi connectivity index (χ4n) is 3.77. The van der Waals surface area contributed by atoms with E-state index in [9.17, 15) is 0 Å². The summed E-state index contributed by atoms with van der Waals surface area (Å²) in [6.07, 6.45) is 0. The van der Waals surface area contributed by atoms with E-state index in [0.29, 0.717) is 6.54 Å². The normalized spacial score (nSPS) is 15.8. The van der Waals surface area contributed by atoms with Crippen LogP contribution in [0.3, 0.4) is 0 Å². The molecule has 1 saturated heterocycles. The molecule has 32 heavy (non-hydrogen) atoms. The molecule has 1 fully saturated rings. The number of halogens is 1. The predicted molar refractivity (Wildman–Crippen MR) is 142 cm³/mol. The van der Waals surface area contributed by atoms with Gasteiger partial charge in [0.15, 0.2) is 17.5 Å². The summed E-state index contributed by atoms with van der Waals surface area (Å²) in [4.78, 5) is 9.77. The predicted octanol–water partition coefficient (Wildman–Crippen LogP) is 2.59. The monoisotopic (exact) mass is 563 g/mol. The lowest BCUT2D eigenvalue weighted by Crippen LogP contribution is -2.43. The van der Waals surface area contributed by atoms with Gasteiger partial charge in [0.2, 0.25) is 0 Å². The molecule has 1 aliphatic rings. The fourth-order valence-corrected chi connectivity index (χ4v) is 3.77. The Morgan fingerprint density at radius 2 is 1.78 bits per heavy atom. The van der Waals surface area contributed by atoms with Crippen LogP contribution in [-0.4, -0.2) is 95.6 Å². The number of benzene rings is 1. The van der Waals surface area contributed by atoms with Crippen LogP contribution in [0.5, 0.6) is 11.5 Å². The van der Waals surface area contributed by atoms with Gasteiger partial charge in [-0.3, -0.25) is 9.89 Å². The van der Waals surface area contributed by atoms with Crippen molar-refractivity contribution in [3.8, 4) is 11.5 Å². The molecule has 1 aliphatic heterocycles. The Labute approximate surface area is 211 Å². The summed E-state index contributed by atoms with van der Waals surface area (Å²) in [6, 6.07) is 6.29. The summed E-state index contributed by atoms with van der Waals surface area (Å²) >= 11 is 0. The fraction of sp³-hybridized carbons (Fsp3) is 0.696. The second-order valence-corrected chi connectivity index (χ2v) is 7.45. The Morgan fingerprint density at radius 3 is 2.38 bits per heavy atom. The number of aliphatic imine (C=N–C) groups is 1. The zero-order valence-corrected chi connectivity index (χ0v) is 22.7. The second-order valence-electron chi connectivity index (χ2n) is 7.45. The number of hydrogen-bond donors (Lipinski definition) is 2. The number of methoxy groups -OCH3 is 2. The topological polar surface area (TPSA) is 70.6 Å². The standard InChI is InChI=1S/C23H41N5O3.HI/c1-6-24-23(25-11-12-27(7-2)8-3)26-18-20(28-13-15-31-16-14-28)19-9-10-21(29-4)22(17-19)30-5;/h9-10,17,20H,6-8,11-16,18H2,1-5H3,(H2,24,25,26);1H. The van der Waals surface area contributed by atoms with Crippen LogP contribution in [0.25, 0.3) is 0 Å². The third-order valence-corrected chi connectivity index (χ3v) is 5.66. The number of morpholine rings is 1. The SMILES string of the molecule is CCNC(=NCC(c1ccc(OC)c(OC)c1)N1CCOCC1)NCCN(CC)CC.I. The van der Waals surface area contributed by atoms with Gasteiger partial charge in [0.1, 0.15) is 0 Å². The summed E-state index contributed by atoms with van der Waals surface area (Å²) in [5.41, 5.74) is 1.17. The highest BCUT2D eigenvalue weighted by atomic mass is 127. The van der Waals surface area contributed by atoms with Crippen molar-refractivity contribution >= 4 is 29.9 Å². The van der Waals surface area contributed by atoms with E-state index in [1.54, 1.807) is 14.2 Å². The lowest BCUT2D eigenvalue weighted by molar-refractivity contribution is 0.0179. The molecule has 1 unspecified atom stereocenters. The minimum Gasteiger partial charge on any atom is -0.493 e. The quantitative estimate of drug-likeness (QED) is 0.230. The summed E-state index contributed by atoms with van der Waals surface area (Å²) in [7, 11) is 3.33. The van der Waals surface area contributed by atoms with Crippen molar-refractivity contribution in [2.75, 3.05) is 79.8 Å². The van der Waals surface area contributed by atoms with Gasteiger partial charge in [0.25, 0.3) is 0 Å². The molecule has 1 aromatic rings. The maximum atomic E-state index is 5.58. The molecule has 1 heterocycles. The highest BCUT2D eigenvalue weighted by Crippen LogP contribution is 2.32. The van der Waals surface area contributed by atoms with Crippen molar-refractivity contribution < 1.29 is 14.2 Å². The molecule has 0 aliphatic carbocycles. The number of nitrogens with zero attached hydrogens (tertiary/aromatic N) is 3. The first-order valence-electron chi connectivity index (χ1n) is 11.4. The lowest BCUT2D eigenvalue weighted by atomic mass is 10.0. The van der Waals surface area contributed by atoms with Crippen LogP contribution >= 0.6 is 24.0 Å². The van der Waals surface area contributed by atoms with Crippen LogP contribution in [0, 0.1) is 0 Å². The average Bonchev–Trinajstić information content (AvgIpc) is 2.82. The zero-order valence-electron chi connectivity index (χ0n) is 20.4. The van der Waals surface area contributed by atoms with E-state index in [1.165, 1.54) is 5.56 Å². The third kappa shape index (κ3) is 8.92. The van der Waals surface area contributed by atoms with E-state index in [2.05, 4.69) is 53.3 Å². The van der Waals surface area contributed by atoms with E-state index < -0.39 is 0 Å². The molecular formula is C23H42IN5O3. The molecule has 1 aromatic carbocycles. The van der Waals surface area contributed by atoms with Gasteiger partial charge < -0.3 is 29.7 Å². The van der Waals surface area contributed by atoms with Crippen LogP contribution in [0.15, 0.2) is 23.2 Å². The maximum Gasteiger partial charge on any atom is 0.191 e. The first-order chi connectivity index (χ1) is 15.2. The third-order valence-electron chi connectivity index (χ3n) is 5.66. The number of nitrogens with one attached hydrogen (secondary N) is 2. The van der Waals surface area contributed by atoms with Gasteiger partial charge in [0, 0.05) is 32.7 Å². The summed E-state index contributed by atoms with van der Waals surface area (Å²) < 4.78 is 16.5. The van der Waals surface area contributed by atoms with E-state index in [4.69, 9.17) is 19.2 Å². The molecule has 0 aromatic heterocycles. The molecule has 9 heteroatoms. The first kappa shape index (κ1) is 28.7. The molecule has 0 amide bonds. The molecule has 0 spiro atoms. The number of likely N-dealkylation sites (N-methyl/N-ethyl adjacent to an activating group) is 1. The van der Waals surface area contributed by atoms with Gasteiger partial charge >= 0.3 is 0 Å². The van der Waals surface area contributed by atoms with Crippen LogP contribution in [0.1, 0.15) is 32.4 Å². The van der Waals surface area contributed by atoms with Crippen molar-refractivity contribution in [1.29, 1.82) is 0 Å². The van der Waals surface area contributed by atoms with E-state index in [0.717, 1.165) is 76.5 Å². The summed E-state index contributed by atoms with van der Waals surface area (Å²) in [6.45, 7) is 15.2. The van der Waals surface area contributed by atoms with Crippen LogP contribution in [-0.2, 0) is 4.74 Å². The Balaban J connectivity index is 0.00000512. The number of ether oxygens (including phenoxy) is 3. The largest absolute Gasteiger partial charge is 0.493 e. The van der Waals surface area contributed by atoms with E-state index >= 15 is 0 Å². The van der Waals surface area contributed by atoms with Gasteiger partial charge in [-0.15, -0.1) is 24.0 Å². The molecular weight excluding hydrogens is 521 g/mol. The Kier molecular flexibility index (Phi) is 14.7. The van der Waals surface area contributed by atoms with Crippen LogP contribution < -0.4 is 20.1 Å². The number of hydrogen-bond acceptors (Lipinski definition) is 6. The smallest absolute Gasteiger partial charge is 0.191 e. The van der Waals surface area contributed by atoms with Crippen molar-refractivity contribution in [3.63, 3.8) is 0 Å². The first-order valence-corrected chi connectivity index (χ1v) is 11.4. The highest BCUT2D eigenvalue weighted by Gasteiger charge is 2.24. The minimum absolute atomic E-state index is 0. The molecule has 8 nitrogen and oxygen atoms in total. The number of guanidine groups is 1. The van der Waals surface area contributed by atoms with Crippen LogP contribution in [0.2, 0.25) is 0 Å². The summed E-state index contributed by atoms with van der Waals surface area (Å²) in [5.74, 6) is 2.33. The molecule has 2 rings (SSSR count).